The molecule has 2 rings (SSSR count). The first-order valence-corrected chi connectivity index (χ1v) is 5.12. The van der Waals surface area contributed by atoms with E-state index >= 15 is 0 Å². The molecule has 1 aliphatic heterocycles. The summed E-state index contributed by atoms with van der Waals surface area (Å²) in [4.78, 5) is 0. The highest BCUT2D eigenvalue weighted by Gasteiger charge is 2.31. The molecule has 0 atom stereocenters. The summed E-state index contributed by atoms with van der Waals surface area (Å²) < 4.78 is 5.92. The van der Waals surface area contributed by atoms with E-state index in [2.05, 4.69) is 32.0 Å². The van der Waals surface area contributed by atoms with Gasteiger partial charge < -0.3 is 10.5 Å². The Morgan fingerprint density at radius 1 is 1.43 bits per heavy atom. The van der Waals surface area contributed by atoms with Crippen molar-refractivity contribution in [2.24, 2.45) is 5.73 Å². The van der Waals surface area contributed by atoms with Crippen LogP contribution in [0.15, 0.2) is 18.2 Å². The van der Waals surface area contributed by atoms with E-state index in [0.29, 0.717) is 6.54 Å². The number of ether oxygens (including phenoxy) is 1. The van der Waals surface area contributed by atoms with Crippen molar-refractivity contribution in [3.05, 3.63) is 29.3 Å². The predicted octanol–water partition coefficient (Wildman–Crippen LogP) is 1.90. The van der Waals surface area contributed by atoms with Gasteiger partial charge in [-0.2, -0.15) is 0 Å². The maximum Gasteiger partial charge on any atom is 0.126 e. The number of rotatable bonds is 2. The largest absolute Gasteiger partial charge is 0.487 e. The van der Waals surface area contributed by atoms with Crippen molar-refractivity contribution in [2.45, 2.75) is 32.3 Å². The predicted molar refractivity (Wildman–Crippen MR) is 57.6 cm³/mol. The fraction of sp³-hybridized carbons (Fsp3) is 0.500. The quantitative estimate of drug-likeness (QED) is 0.775. The average molecular weight is 191 g/mol. The zero-order chi connectivity index (χ0) is 10.2. The third-order valence-electron chi connectivity index (χ3n) is 2.59. The summed E-state index contributed by atoms with van der Waals surface area (Å²) in [5.41, 5.74) is 8.08. The lowest BCUT2D eigenvalue weighted by Crippen LogP contribution is -2.25. The van der Waals surface area contributed by atoms with Crippen molar-refractivity contribution in [3.63, 3.8) is 0 Å². The molecule has 2 heteroatoms. The molecule has 1 aromatic carbocycles. The molecule has 76 valence electrons. The van der Waals surface area contributed by atoms with E-state index < -0.39 is 0 Å². The van der Waals surface area contributed by atoms with Crippen LogP contribution in [0.1, 0.15) is 25.0 Å². The minimum atomic E-state index is -0.0486. The molecule has 0 amide bonds. The van der Waals surface area contributed by atoms with Gasteiger partial charge in [0.1, 0.15) is 11.4 Å². The molecule has 0 radical (unpaired) electrons. The second-order valence-corrected chi connectivity index (χ2v) is 4.48. The minimum absolute atomic E-state index is 0.0486. The number of hydrogen-bond donors (Lipinski definition) is 1. The molecule has 0 fully saturated rings. The van der Waals surface area contributed by atoms with Crippen molar-refractivity contribution < 1.29 is 4.74 Å². The average Bonchev–Trinajstić information content (AvgIpc) is 2.41. The molecule has 1 aromatic rings. The van der Waals surface area contributed by atoms with Gasteiger partial charge in [0.25, 0.3) is 0 Å². The molecule has 1 aliphatic rings. The van der Waals surface area contributed by atoms with Crippen LogP contribution in [0.3, 0.4) is 0 Å². The monoisotopic (exact) mass is 191 g/mol. The minimum Gasteiger partial charge on any atom is -0.487 e. The van der Waals surface area contributed by atoms with Crippen LogP contribution in [0.25, 0.3) is 0 Å². The Balaban J connectivity index is 2.36. The van der Waals surface area contributed by atoms with Crippen LogP contribution in [-0.4, -0.2) is 12.1 Å². The van der Waals surface area contributed by atoms with Gasteiger partial charge in [0.2, 0.25) is 0 Å². The highest BCUT2D eigenvalue weighted by Crippen LogP contribution is 2.37. The highest BCUT2D eigenvalue weighted by molar-refractivity contribution is 5.45. The Bertz CT molecular complexity index is 344. The van der Waals surface area contributed by atoms with Crippen LogP contribution >= 0.6 is 0 Å². The summed E-state index contributed by atoms with van der Waals surface area (Å²) in [6, 6.07) is 6.34. The molecule has 0 saturated heterocycles. The van der Waals surface area contributed by atoms with Crippen molar-refractivity contribution in [1.82, 2.24) is 0 Å². The number of hydrogen-bond acceptors (Lipinski definition) is 2. The van der Waals surface area contributed by atoms with E-state index in [1.807, 2.05) is 0 Å². The highest BCUT2D eigenvalue weighted by atomic mass is 16.5. The van der Waals surface area contributed by atoms with Crippen LogP contribution in [0.5, 0.6) is 5.75 Å². The van der Waals surface area contributed by atoms with E-state index in [-0.39, 0.29) is 5.60 Å². The SMILES string of the molecule is CC1(C)Cc2cccc(CCN)c2O1. The first-order chi connectivity index (χ1) is 6.62. The molecule has 2 N–H and O–H groups in total. The van der Waals surface area contributed by atoms with Gasteiger partial charge in [0, 0.05) is 6.42 Å². The van der Waals surface area contributed by atoms with Crippen LogP contribution in [0.4, 0.5) is 0 Å². The topological polar surface area (TPSA) is 35.2 Å². The lowest BCUT2D eigenvalue weighted by atomic mass is 10.00. The number of fused-ring (bicyclic) bond motifs is 1. The number of nitrogens with two attached hydrogens (primary N) is 1. The summed E-state index contributed by atoms with van der Waals surface area (Å²) >= 11 is 0. The Hall–Kier alpha value is -1.02. The lowest BCUT2D eigenvalue weighted by Gasteiger charge is -2.18. The van der Waals surface area contributed by atoms with Gasteiger partial charge in [-0.25, -0.2) is 0 Å². The van der Waals surface area contributed by atoms with E-state index in [1.54, 1.807) is 0 Å². The van der Waals surface area contributed by atoms with Crippen LogP contribution in [-0.2, 0) is 12.8 Å². The molecule has 0 aliphatic carbocycles. The molecular formula is C12H17NO. The Kier molecular flexibility index (Phi) is 2.23. The smallest absolute Gasteiger partial charge is 0.126 e. The molecule has 0 spiro atoms. The van der Waals surface area contributed by atoms with Crippen molar-refractivity contribution in [1.29, 1.82) is 0 Å². The fourth-order valence-corrected chi connectivity index (χ4v) is 2.03. The Morgan fingerprint density at radius 3 is 2.93 bits per heavy atom. The lowest BCUT2D eigenvalue weighted by molar-refractivity contribution is 0.137. The summed E-state index contributed by atoms with van der Waals surface area (Å²) in [6.45, 7) is 4.93. The van der Waals surface area contributed by atoms with Crippen molar-refractivity contribution in [3.8, 4) is 5.75 Å². The third-order valence-corrected chi connectivity index (χ3v) is 2.59. The number of benzene rings is 1. The molecule has 0 aromatic heterocycles. The maximum absolute atomic E-state index is 5.92. The summed E-state index contributed by atoms with van der Waals surface area (Å²) in [7, 11) is 0. The zero-order valence-corrected chi connectivity index (χ0v) is 8.84. The van der Waals surface area contributed by atoms with E-state index in [0.717, 1.165) is 18.6 Å². The Labute approximate surface area is 85.1 Å². The standard InChI is InChI=1S/C12H17NO/c1-12(2)8-10-5-3-4-9(6-7-13)11(10)14-12/h3-5H,6-8,13H2,1-2H3. The fourth-order valence-electron chi connectivity index (χ4n) is 2.03. The molecule has 2 nitrogen and oxygen atoms in total. The molecule has 14 heavy (non-hydrogen) atoms. The third kappa shape index (κ3) is 1.62. The second-order valence-electron chi connectivity index (χ2n) is 4.48. The maximum atomic E-state index is 5.92. The van der Waals surface area contributed by atoms with Crippen LogP contribution in [0.2, 0.25) is 0 Å². The Morgan fingerprint density at radius 2 is 2.21 bits per heavy atom. The van der Waals surface area contributed by atoms with Gasteiger partial charge in [-0.05, 0) is 37.9 Å². The van der Waals surface area contributed by atoms with E-state index in [1.165, 1.54) is 11.1 Å². The first-order valence-electron chi connectivity index (χ1n) is 5.12. The molecule has 0 unspecified atom stereocenters. The van der Waals surface area contributed by atoms with Gasteiger partial charge in [-0.3, -0.25) is 0 Å². The molecule has 0 saturated carbocycles. The van der Waals surface area contributed by atoms with Gasteiger partial charge in [-0.15, -0.1) is 0 Å². The van der Waals surface area contributed by atoms with Crippen molar-refractivity contribution in [2.75, 3.05) is 6.54 Å². The van der Waals surface area contributed by atoms with E-state index in [4.69, 9.17) is 10.5 Å². The molecular weight excluding hydrogens is 174 g/mol. The summed E-state index contributed by atoms with van der Waals surface area (Å²) in [5.74, 6) is 1.07. The summed E-state index contributed by atoms with van der Waals surface area (Å²) in [6.07, 6.45) is 1.90. The van der Waals surface area contributed by atoms with Gasteiger partial charge in [0.05, 0.1) is 0 Å². The van der Waals surface area contributed by atoms with Crippen LogP contribution in [0, 0.1) is 0 Å². The molecule has 0 bridgehead atoms. The normalized spacial score (nSPS) is 17.6. The molecule has 1 heterocycles. The number of para-hydroxylation sites is 1. The first kappa shape index (κ1) is 9.53. The van der Waals surface area contributed by atoms with Gasteiger partial charge in [0.15, 0.2) is 0 Å². The second kappa shape index (κ2) is 3.28. The van der Waals surface area contributed by atoms with Crippen LogP contribution < -0.4 is 10.5 Å². The van der Waals surface area contributed by atoms with Gasteiger partial charge in [-0.1, -0.05) is 18.2 Å². The zero-order valence-electron chi connectivity index (χ0n) is 8.84. The van der Waals surface area contributed by atoms with E-state index in [9.17, 15) is 0 Å². The van der Waals surface area contributed by atoms with Crippen molar-refractivity contribution >= 4 is 0 Å². The summed E-state index contributed by atoms with van der Waals surface area (Å²) in [5, 5.41) is 0. The van der Waals surface area contributed by atoms with Gasteiger partial charge >= 0.3 is 0 Å².